The van der Waals surface area contributed by atoms with Crippen molar-refractivity contribution in [3.8, 4) is 5.75 Å². The second kappa shape index (κ2) is 7.26. The molecule has 0 amide bonds. The Morgan fingerprint density at radius 2 is 2.17 bits per heavy atom. The summed E-state index contributed by atoms with van der Waals surface area (Å²) in [6.07, 6.45) is 6.41. The molecule has 1 unspecified atom stereocenters. The fourth-order valence-corrected chi connectivity index (χ4v) is 3.05. The molecule has 1 atom stereocenters. The van der Waals surface area contributed by atoms with Crippen molar-refractivity contribution in [1.82, 2.24) is 15.2 Å². The number of aromatic nitrogens is 3. The number of piperidine rings is 1. The van der Waals surface area contributed by atoms with Crippen LogP contribution < -0.4 is 15.0 Å². The summed E-state index contributed by atoms with van der Waals surface area (Å²) in [7, 11) is 1.66. The highest BCUT2D eigenvalue weighted by Crippen LogP contribution is 2.27. The molecule has 1 aliphatic rings. The number of nitrogens with one attached hydrogen (secondary N) is 1. The first-order valence-corrected chi connectivity index (χ1v) is 8.18. The van der Waals surface area contributed by atoms with Gasteiger partial charge in [0.1, 0.15) is 5.75 Å². The van der Waals surface area contributed by atoms with E-state index in [4.69, 9.17) is 4.74 Å². The average Bonchev–Trinajstić information content (AvgIpc) is 2.62. The lowest BCUT2D eigenvalue weighted by molar-refractivity contribution is 0.417. The van der Waals surface area contributed by atoms with E-state index in [1.807, 2.05) is 24.3 Å². The minimum absolute atomic E-state index is 0.507. The molecule has 1 aromatic heterocycles. The molecular weight excluding hydrogens is 290 g/mol. The van der Waals surface area contributed by atoms with Gasteiger partial charge in [-0.1, -0.05) is 19.1 Å². The standard InChI is InChI=1S/C17H23N5O/c1-3-13-8-6-7-11-22(13)17-20-16(12-18-21-17)19-14-9-4-5-10-15(14)23-2/h4-5,9-10,12-13H,3,6-8,11H2,1-2H3,(H,19,20,21). The van der Waals surface area contributed by atoms with Crippen molar-refractivity contribution in [3.63, 3.8) is 0 Å². The van der Waals surface area contributed by atoms with E-state index in [0.29, 0.717) is 17.8 Å². The van der Waals surface area contributed by atoms with Crippen LogP contribution >= 0.6 is 0 Å². The average molecular weight is 313 g/mol. The Morgan fingerprint density at radius 1 is 1.30 bits per heavy atom. The zero-order chi connectivity index (χ0) is 16.1. The Balaban J connectivity index is 1.82. The fraction of sp³-hybridized carbons (Fsp3) is 0.471. The lowest BCUT2D eigenvalue weighted by Crippen LogP contribution is -2.40. The molecule has 1 saturated heterocycles. The SMILES string of the molecule is CCC1CCCCN1c1nncc(Nc2ccccc2OC)n1. The smallest absolute Gasteiger partial charge is 0.247 e. The largest absolute Gasteiger partial charge is 0.495 e. The maximum atomic E-state index is 5.36. The van der Waals surface area contributed by atoms with Crippen LogP contribution in [0.2, 0.25) is 0 Å². The number of nitrogens with zero attached hydrogens (tertiary/aromatic N) is 4. The van der Waals surface area contributed by atoms with E-state index in [-0.39, 0.29) is 0 Å². The molecule has 1 fully saturated rings. The van der Waals surface area contributed by atoms with Crippen molar-refractivity contribution in [2.75, 3.05) is 23.9 Å². The Bertz CT molecular complexity index is 648. The number of hydrogen-bond acceptors (Lipinski definition) is 6. The molecule has 1 aliphatic heterocycles. The molecule has 0 saturated carbocycles. The van der Waals surface area contributed by atoms with E-state index in [1.165, 1.54) is 19.3 Å². The summed E-state index contributed by atoms with van der Waals surface area (Å²) in [6.45, 7) is 3.21. The van der Waals surface area contributed by atoms with Gasteiger partial charge in [0, 0.05) is 12.6 Å². The van der Waals surface area contributed by atoms with Crippen LogP contribution in [-0.4, -0.2) is 34.9 Å². The van der Waals surface area contributed by atoms with E-state index in [2.05, 4.69) is 32.3 Å². The van der Waals surface area contributed by atoms with E-state index < -0.39 is 0 Å². The highest BCUT2D eigenvalue weighted by molar-refractivity contribution is 5.64. The first-order chi connectivity index (χ1) is 11.3. The molecular formula is C17H23N5O. The highest BCUT2D eigenvalue weighted by Gasteiger charge is 2.23. The van der Waals surface area contributed by atoms with Gasteiger partial charge in [0.25, 0.3) is 0 Å². The molecule has 122 valence electrons. The number of anilines is 3. The van der Waals surface area contributed by atoms with Gasteiger partial charge < -0.3 is 15.0 Å². The normalized spacial score (nSPS) is 17.8. The van der Waals surface area contributed by atoms with Gasteiger partial charge in [0.05, 0.1) is 19.0 Å². The van der Waals surface area contributed by atoms with Crippen molar-refractivity contribution in [2.24, 2.45) is 0 Å². The second-order valence-corrected chi connectivity index (χ2v) is 5.72. The lowest BCUT2D eigenvalue weighted by Gasteiger charge is -2.34. The minimum atomic E-state index is 0.507. The van der Waals surface area contributed by atoms with Gasteiger partial charge in [-0.3, -0.25) is 0 Å². The van der Waals surface area contributed by atoms with Crippen LogP contribution in [0.15, 0.2) is 30.5 Å². The van der Waals surface area contributed by atoms with E-state index >= 15 is 0 Å². The predicted octanol–water partition coefficient (Wildman–Crippen LogP) is 3.39. The maximum Gasteiger partial charge on any atom is 0.247 e. The van der Waals surface area contributed by atoms with Crippen LogP contribution in [0.4, 0.5) is 17.5 Å². The fourth-order valence-electron chi connectivity index (χ4n) is 3.05. The first-order valence-electron chi connectivity index (χ1n) is 8.18. The molecule has 6 heteroatoms. The Morgan fingerprint density at radius 3 is 3.00 bits per heavy atom. The van der Waals surface area contributed by atoms with Crippen LogP contribution in [0.1, 0.15) is 32.6 Å². The van der Waals surface area contributed by atoms with Gasteiger partial charge in [-0.05, 0) is 37.8 Å². The second-order valence-electron chi connectivity index (χ2n) is 5.72. The van der Waals surface area contributed by atoms with Gasteiger partial charge in [-0.15, -0.1) is 5.10 Å². The monoisotopic (exact) mass is 313 g/mol. The zero-order valence-corrected chi connectivity index (χ0v) is 13.7. The molecule has 0 spiro atoms. The third kappa shape index (κ3) is 3.52. The van der Waals surface area contributed by atoms with Crippen molar-refractivity contribution in [1.29, 1.82) is 0 Å². The molecule has 2 aromatic rings. The summed E-state index contributed by atoms with van der Waals surface area (Å²) in [5, 5.41) is 11.6. The van der Waals surface area contributed by atoms with Crippen LogP contribution in [0.25, 0.3) is 0 Å². The van der Waals surface area contributed by atoms with Crippen molar-refractivity contribution < 1.29 is 4.74 Å². The van der Waals surface area contributed by atoms with Crippen LogP contribution in [0, 0.1) is 0 Å². The summed E-state index contributed by atoms with van der Waals surface area (Å²) < 4.78 is 5.36. The van der Waals surface area contributed by atoms with Gasteiger partial charge >= 0.3 is 0 Å². The first kappa shape index (κ1) is 15.5. The van der Waals surface area contributed by atoms with Gasteiger partial charge in [0.15, 0.2) is 5.82 Å². The predicted molar refractivity (Wildman–Crippen MR) is 91.4 cm³/mol. The lowest BCUT2D eigenvalue weighted by atomic mass is 10.0. The van der Waals surface area contributed by atoms with Crippen LogP contribution in [-0.2, 0) is 0 Å². The van der Waals surface area contributed by atoms with Gasteiger partial charge in [-0.25, -0.2) is 0 Å². The summed E-state index contributed by atoms with van der Waals surface area (Å²) >= 11 is 0. The van der Waals surface area contributed by atoms with Crippen molar-refractivity contribution in [2.45, 2.75) is 38.6 Å². The quantitative estimate of drug-likeness (QED) is 0.913. The Hall–Kier alpha value is -2.37. The number of rotatable bonds is 5. The minimum Gasteiger partial charge on any atom is -0.495 e. The molecule has 0 radical (unpaired) electrons. The molecule has 1 N–H and O–H groups in total. The summed E-state index contributed by atoms with van der Waals surface area (Å²) in [4.78, 5) is 6.93. The number of ether oxygens (including phenoxy) is 1. The third-order valence-corrected chi connectivity index (χ3v) is 4.27. The van der Waals surface area contributed by atoms with Crippen molar-refractivity contribution in [3.05, 3.63) is 30.5 Å². The summed E-state index contributed by atoms with van der Waals surface area (Å²) in [5.74, 6) is 2.16. The number of para-hydroxylation sites is 2. The maximum absolute atomic E-state index is 5.36. The molecule has 6 nitrogen and oxygen atoms in total. The molecule has 3 rings (SSSR count). The topological polar surface area (TPSA) is 63.2 Å². The summed E-state index contributed by atoms with van der Waals surface area (Å²) in [6, 6.07) is 8.27. The van der Waals surface area contributed by atoms with Crippen LogP contribution in [0.3, 0.4) is 0 Å². The number of hydrogen-bond donors (Lipinski definition) is 1. The Kier molecular flexibility index (Phi) is 4.90. The number of benzene rings is 1. The van der Waals surface area contributed by atoms with E-state index in [0.717, 1.165) is 24.4 Å². The zero-order valence-electron chi connectivity index (χ0n) is 13.7. The van der Waals surface area contributed by atoms with Gasteiger partial charge in [-0.2, -0.15) is 10.1 Å². The molecule has 0 bridgehead atoms. The third-order valence-electron chi connectivity index (χ3n) is 4.27. The molecule has 0 aliphatic carbocycles. The molecule has 2 heterocycles. The Labute approximate surface area is 136 Å². The molecule has 23 heavy (non-hydrogen) atoms. The highest BCUT2D eigenvalue weighted by atomic mass is 16.5. The van der Waals surface area contributed by atoms with E-state index in [9.17, 15) is 0 Å². The molecule has 1 aromatic carbocycles. The van der Waals surface area contributed by atoms with E-state index in [1.54, 1.807) is 13.3 Å². The van der Waals surface area contributed by atoms with Crippen LogP contribution in [0.5, 0.6) is 5.75 Å². The van der Waals surface area contributed by atoms with Gasteiger partial charge in [0.2, 0.25) is 5.95 Å². The number of methoxy groups -OCH3 is 1. The van der Waals surface area contributed by atoms with Crippen molar-refractivity contribution >= 4 is 17.5 Å². The summed E-state index contributed by atoms with van der Waals surface area (Å²) in [5.41, 5.74) is 0.868.